The Labute approximate surface area is 85.5 Å². The zero-order chi connectivity index (χ0) is 10.7. The lowest BCUT2D eigenvalue weighted by Gasteiger charge is -2.16. The van der Waals surface area contributed by atoms with Gasteiger partial charge in [0, 0.05) is 5.56 Å². The molecule has 0 heterocycles. The number of hydrogen-bond donors (Lipinski definition) is 1. The van der Waals surface area contributed by atoms with E-state index in [1.165, 1.54) is 5.56 Å². The number of aliphatic hydroxyl groups is 1. The van der Waals surface area contributed by atoms with Crippen molar-refractivity contribution in [2.75, 3.05) is 6.61 Å². The molecule has 1 unspecified atom stereocenters. The Bertz CT molecular complexity index is 316. The van der Waals surface area contributed by atoms with Gasteiger partial charge in [-0.2, -0.15) is 0 Å². The third-order valence-corrected chi connectivity index (χ3v) is 2.45. The minimum atomic E-state index is -0.476. The van der Waals surface area contributed by atoms with Gasteiger partial charge in [0.1, 0.15) is 5.75 Å². The first-order chi connectivity index (χ1) is 6.57. The Balaban J connectivity index is 3.22. The molecule has 2 heteroatoms. The molecule has 0 aliphatic carbocycles. The van der Waals surface area contributed by atoms with E-state index in [0.29, 0.717) is 6.61 Å². The molecule has 0 aliphatic heterocycles. The SMILES string of the molecule is CCOc1c(C(C)O)ccc(C)c1C. The molecule has 1 N–H and O–H groups in total. The summed E-state index contributed by atoms with van der Waals surface area (Å²) in [7, 11) is 0. The molecule has 1 rings (SSSR count). The summed E-state index contributed by atoms with van der Waals surface area (Å²) >= 11 is 0. The molecule has 0 aromatic heterocycles. The molecule has 0 fully saturated rings. The predicted molar refractivity (Wildman–Crippen MR) is 57.7 cm³/mol. The molecule has 1 aromatic rings. The number of aryl methyl sites for hydroxylation is 1. The van der Waals surface area contributed by atoms with E-state index >= 15 is 0 Å². The van der Waals surface area contributed by atoms with Gasteiger partial charge >= 0.3 is 0 Å². The van der Waals surface area contributed by atoms with Crippen LogP contribution in [-0.4, -0.2) is 11.7 Å². The molecular weight excluding hydrogens is 176 g/mol. The lowest BCUT2D eigenvalue weighted by atomic mass is 10.0. The summed E-state index contributed by atoms with van der Waals surface area (Å²) in [5, 5.41) is 9.57. The van der Waals surface area contributed by atoms with Crippen molar-refractivity contribution in [3.8, 4) is 5.75 Å². The fourth-order valence-corrected chi connectivity index (χ4v) is 1.48. The molecule has 0 bridgehead atoms. The van der Waals surface area contributed by atoms with Crippen LogP contribution in [0.4, 0.5) is 0 Å². The zero-order valence-electron chi connectivity index (χ0n) is 9.29. The monoisotopic (exact) mass is 194 g/mol. The first kappa shape index (κ1) is 11.1. The maximum Gasteiger partial charge on any atom is 0.128 e. The summed E-state index contributed by atoms with van der Waals surface area (Å²) in [5.74, 6) is 0.836. The Morgan fingerprint density at radius 1 is 1.36 bits per heavy atom. The van der Waals surface area contributed by atoms with Crippen LogP contribution in [0.2, 0.25) is 0 Å². The second-order valence-electron chi connectivity index (χ2n) is 3.53. The molecule has 1 aromatic carbocycles. The van der Waals surface area contributed by atoms with Crippen LogP contribution >= 0.6 is 0 Å². The van der Waals surface area contributed by atoms with Crippen molar-refractivity contribution < 1.29 is 9.84 Å². The van der Waals surface area contributed by atoms with Crippen LogP contribution in [0.3, 0.4) is 0 Å². The van der Waals surface area contributed by atoms with Crippen LogP contribution in [-0.2, 0) is 0 Å². The van der Waals surface area contributed by atoms with Gasteiger partial charge in [-0.1, -0.05) is 12.1 Å². The smallest absolute Gasteiger partial charge is 0.128 e. The van der Waals surface area contributed by atoms with E-state index < -0.39 is 6.10 Å². The quantitative estimate of drug-likeness (QED) is 0.801. The predicted octanol–water partition coefficient (Wildman–Crippen LogP) is 2.76. The highest BCUT2D eigenvalue weighted by atomic mass is 16.5. The molecule has 0 saturated heterocycles. The van der Waals surface area contributed by atoms with Crippen molar-refractivity contribution in [2.45, 2.75) is 33.8 Å². The number of ether oxygens (including phenoxy) is 1. The van der Waals surface area contributed by atoms with Crippen LogP contribution < -0.4 is 4.74 Å². The van der Waals surface area contributed by atoms with Gasteiger partial charge in [-0.15, -0.1) is 0 Å². The lowest BCUT2D eigenvalue weighted by molar-refractivity contribution is 0.192. The van der Waals surface area contributed by atoms with Gasteiger partial charge in [0.05, 0.1) is 12.7 Å². The van der Waals surface area contributed by atoms with E-state index in [4.69, 9.17) is 4.74 Å². The zero-order valence-corrected chi connectivity index (χ0v) is 9.29. The van der Waals surface area contributed by atoms with Gasteiger partial charge in [0.2, 0.25) is 0 Å². The summed E-state index contributed by atoms with van der Waals surface area (Å²) < 4.78 is 5.55. The minimum Gasteiger partial charge on any atom is -0.493 e. The molecule has 0 radical (unpaired) electrons. The van der Waals surface area contributed by atoms with Crippen LogP contribution in [0.1, 0.15) is 36.6 Å². The minimum absolute atomic E-state index is 0.476. The van der Waals surface area contributed by atoms with Crippen molar-refractivity contribution in [1.29, 1.82) is 0 Å². The van der Waals surface area contributed by atoms with Gasteiger partial charge in [0.15, 0.2) is 0 Å². The maximum absolute atomic E-state index is 9.57. The summed E-state index contributed by atoms with van der Waals surface area (Å²) in [4.78, 5) is 0. The fourth-order valence-electron chi connectivity index (χ4n) is 1.48. The Kier molecular flexibility index (Phi) is 3.53. The van der Waals surface area contributed by atoms with Crippen LogP contribution in [0.5, 0.6) is 5.75 Å². The van der Waals surface area contributed by atoms with Gasteiger partial charge < -0.3 is 9.84 Å². The highest BCUT2D eigenvalue weighted by Crippen LogP contribution is 2.30. The summed E-state index contributed by atoms with van der Waals surface area (Å²) in [6, 6.07) is 3.94. The summed E-state index contributed by atoms with van der Waals surface area (Å²) in [6.45, 7) is 8.40. The number of benzene rings is 1. The largest absolute Gasteiger partial charge is 0.493 e. The second-order valence-corrected chi connectivity index (χ2v) is 3.53. The Hall–Kier alpha value is -1.02. The molecule has 0 spiro atoms. The molecule has 0 amide bonds. The van der Waals surface area contributed by atoms with Gasteiger partial charge in [0.25, 0.3) is 0 Å². The van der Waals surface area contributed by atoms with E-state index in [-0.39, 0.29) is 0 Å². The van der Waals surface area contributed by atoms with E-state index in [0.717, 1.165) is 16.9 Å². The lowest BCUT2D eigenvalue weighted by Crippen LogP contribution is -2.02. The fraction of sp³-hybridized carbons (Fsp3) is 0.500. The first-order valence-corrected chi connectivity index (χ1v) is 4.98. The number of rotatable bonds is 3. The van der Waals surface area contributed by atoms with Gasteiger partial charge in [-0.3, -0.25) is 0 Å². The first-order valence-electron chi connectivity index (χ1n) is 4.98. The number of aliphatic hydroxyl groups excluding tert-OH is 1. The average molecular weight is 194 g/mol. The van der Waals surface area contributed by atoms with Crippen molar-refractivity contribution in [1.82, 2.24) is 0 Å². The third kappa shape index (κ3) is 2.07. The standard InChI is InChI=1S/C12H18O2/c1-5-14-12-9(3)8(2)6-7-11(12)10(4)13/h6-7,10,13H,5H2,1-4H3. The molecule has 78 valence electrons. The Morgan fingerprint density at radius 3 is 2.50 bits per heavy atom. The topological polar surface area (TPSA) is 29.5 Å². The molecular formula is C12H18O2. The van der Waals surface area contributed by atoms with Crippen molar-refractivity contribution in [3.05, 3.63) is 28.8 Å². The van der Waals surface area contributed by atoms with E-state index in [9.17, 15) is 5.11 Å². The van der Waals surface area contributed by atoms with E-state index in [1.54, 1.807) is 6.92 Å². The van der Waals surface area contributed by atoms with Crippen LogP contribution in [0.15, 0.2) is 12.1 Å². The average Bonchev–Trinajstić information content (AvgIpc) is 2.13. The maximum atomic E-state index is 9.57. The highest BCUT2D eigenvalue weighted by Gasteiger charge is 2.12. The molecule has 0 saturated carbocycles. The van der Waals surface area contributed by atoms with Crippen molar-refractivity contribution in [3.63, 3.8) is 0 Å². The van der Waals surface area contributed by atoms with Crippen LogP contribution in [0.25, 0.3) is 0 Å². The van der Waals surface area contributed by atoms with Crippen molar-refractivity contribution >= 4 is 0 Å². The van der Waals surface area contributed by atoms with E-state index in [2.05, 4.69) is 0 Å². The summed E-state index contributed by atoms with van der Waals surface area (Å²) in [5.41, 5.74) is 3.18. The van der Waals surface area contributed by atoms with Gasteiger partial charge in [-0.05, 0) is 38.8 Å². The highest BCUT2D eigenvalue weighted by molar-refractivity contribution is 5.46. The normalized spacial score (nSPS) is 12.6. The molecule has 14 heavy (non-hydrogen) atoms. The second kappa shape index (κ2) is 4.47. The number of hydrogen-bond acceptors (Lipinski definition) is 2. The third-order valence-electron chi connectivity index (χ3n) is 2.45. The van der Waals surface area contributed by atoms with E-state index in [1.807, 2.05) is 32.9 Å². The molecule has 1 atom stereocenters. The van der Waals surface area contributed by atoms with Crippen LogP contribution in [0, 0.1) is 13.8 Å². The molecule has 2 nitrogen and oxygen atoms in total. The summed E-state index contributed by atoms with van der Waals surface area (Å²) in [6.07, 6.45) is -0.476. The Morgan fingerprint density at radius 2 is 2.00 bits per heavy atom. The molecule has 0 aliphatic rings. The van der Waals surface area contributed by atoms with Gasteiger partial charge in [-0.25, -0.2) is 0 Å². The van der Waals surface area contributed by atoms with Crippen molar-refractivity contribution in [2.24, 2.45) is 0 Å².